The maximum Gasteiger partial charge on any atom is 0.410 e. The third kappa shape index (κ3) is 7.27. The largest absolute Gasteiger partial charge is 0.854 e. The molecule has 39 heavy (non-hydrogen) atoms. The number of allylic oxidation sites excluding steroid dienone is 4. The second-order valence-corrected chi connectivity index (χ2v) is 10.3. The molecule has 1 amide bonds. The summed E-state index contributed by atoms with van der Waals surface area (Å²) in [6.07, 6.45) is 10.8. The number of Topliss-reactive ketones (excluding diaryl/α,β-unsaturated/α-hetero) is 1. The molecule has 6 nitrogen and oxygen atoms in total. The molecular weight excluding hydrogens is 490 g/mol. The number of fused-ring (bicyclic) bond motifs is 1. The highest BCUT2D eigenvalue weighted by atomic mass is 16.6. The van der Waals surface area contributed by atoms with E-state index in [0.29, 0.717) is 37.3 Å². The Hall–Kier alpha value is -3.64. The van der Waals surface area contributed by atoms with E-state index >= 15 is 0 Å². The predicted molar refractivity (Wildman–Crippen MR) is 151 cm³/mol. The van der Waals surface area contributed by atoms with Crippen molar-refractivity contribution in [2.45, 2.75) is 44.6 Å². The molecule has 4 rings (SSSR count). The Labute approximate surface area is 231 Å². The molecule has 1 saturated heterocycles. The quantitative estimate of drug-likeness (QED) is 0.351. The standard InChI is InChI=1S/C33H38NO5/c1-3-25-22-34(33(37)39-23-24-9-5-4-6-10-24)19-18-26(25)14-17-32(36)30-13-7-11-27(12-8-20-35)29-16-15-28(38-2)21-31(29)30/h3-7,9-11,13,15-16,21,25-27H,1,8,12,14,17-20,22-23H2,2H3/q-1/t25-,26+,27?/m0/s1. The van der Waals surface area contributed by atoms with Crippen LogP contribution in [-0.4, -0.2) is 43.6 Å². The van der Waals surface area contributed by atoms with E-state index < -0.39 is 0 Å². The van der Waals surface area contributed by atoms with Gasteiger partial charge in [-0.15, -0.1) is 13.2 Å². The van der Waals surface area contributed by atoms with Crippen molar-refractivity contribution < 1.29 is 24.2 Å². The highest BCUT2D eigenvalue weighted by Crippen LogP contribution is 2.37. The molecule has 1 heterocycles. The van der Waals surface area contributed by atoms with Crippen LogP contribution in [0.2, 0.25) is 0 Å². The number of amides is 1. The van der Waals surface area contributed by atoms with Crippen LogP contribution >= 0.6 is 0 Å². The molecule has 6 heteroatoms. The van der Waals surface area contributed by atoms with Gasteiger partial charge < -0.3 is 19.5 Å². The van der Waals surface area contributed by atoms with Crippen molar-refractivity contribution >= 4 is 17.4 Å². The lowest BCUT2D eigenvalue weighted by Gasteiger charge is -2.36. The normalized spacial score (nSPS) is 20.4. The second-order valence-electron chi connectivity index (χ2n) is 10.3. The van der Waals surface area contributed by atoms with Gasteiger partial charge in [0.25, 0.3) is 0 Å². The highest BCUT2D eigenvalue weighted by Gasteiger charge is 2.31. The van der Waals surface area contributed by atoms with Crippen LogP contribution in [0.25, 0.3) is 5.57 Å². The number of rotatable bonds is 11. The van der Waals surface area contributed by atoms with Crippen molar-refractivity contribution in [2.24, 2.45) is 11.8 Å². The van der Waals surface area contributed by atoms with Gasteiger partial charge in [-0.25, -0.2) is 4.79 Å². The number of hydrogen-bond donors (Lipinski definition) is 0. The topological polar surface area (TPSA) is 78.9 Å². The van der Waals surface area contributed by atoms with Gasteiger partial charge >= 0.3 is 6.09 Å². The number of hydrogen-bond acceptors (Lipinski definition) is 5. The van der Waals surface area contributed by atoms with E-state index in [0.717, 1.165) is 36.0 Å². The summed E-state index contributed by atoms with van der Waals surface area (Å²) in [5.41, 5.74) is 3.58. The molecule has 2 aromatic rings. The number of nitrogens with zero attached hydrogens (tertiary/aromatic N) is 1. The van der Waals surface area contributed by atoms with Gasteiger partial charge in [0.05, 0.1) is 7.11 Å². The van der Waals surface area contributed by atoms with Crippen LogP contribution in [0.5, 0.6) is 5.75 Å². The van der Waals surface area contributed by atoms with Crippen LogP contribution in [0.3, 0.4) is 0 Å². The third-order valence-electron chi connectivity index (χ3n) is 7.83. The zero-order chi connectivity index (χ0) is 27.6. The molecule has 0 radical (unpaired) electrons. The monoisotopic (exact) mass is 528 g/mol. The van der Waals surface area contributed by atoms with E-state index in [2.05, 4.69) is 12.7 Å². The summed E-state index contributed by atoms with van der Waals surface area (Å²) in [7, 11) is 1.62. The summed E-state index contributed by atoms with van der Waals surface area (Å²) < 4.78 is 11.0. The molecular formula is C33H38NO5-. The maximum atomic E-state index is 13.6. The zero-order valence-corrected chi connectivity index (χ0v) is 22.7. The number of piperidine rings is 1. The SMILES string of the molecule is C=C[C@H]1CN(C(=O)OCc2ccccc2)CC[C@H]1CCC(=O)C1=CC=CC(CCC[O-])c2ccc(OC)cc21. The first-order valence-electron chi connectivity index (χ1n) is 13.8. The van der Waals surface area contributed by atoms with Crippen LogP contribution in [0.15, 0.2) is 79.4 Å². The molecule has 0 N–H and O–H groups in total. The van der Waals surface area contributed by atoms with Crippen molar-refractivity contribution in [1.29, 1.82) is 0 Å². The second kappa shape index (κ2) is 13.9. The fourth-order valence-electron chi connectivity index (χ4n) is 5.58. The van der Waals surface area contributed by atoms with Gasteiger partial charge in [-0.05, 0) is 59.9 Å². The molecule has 1 unspecified atom stereocenters. The Morgan fingerprint density at radius 1 is 1.15 bits per heavy atom. The summed E-state index contributed by atoms with van der Waals surface area (Å²) in [5.74, 6) is 1.25. The molecule has 2 aliphatic rings. The van der Waals surface area contributed by atoms with Crippen LogP contribution in [-0.2, 0) is 16.1 Å². The Morgan fingerprint density at radius 3 is 2.72 bits per heavy atom. The molecule has 2 aromatic carbocycles. The predicted octanol–water partition coefficient (Wildman–Crippen LogP) is 5.68. The third-order valence-corrected chi connectivity index (χ3v) is 7.83. The van der Waals surface area contributed by atoms with Gasteiger partial charge in [0.1, 0.15) is 12.4 Å². The molecule has 1 fully saturated rings. The fraction of sp³-hybridized carbons (Fsp3) is 0.394. The maximum absolute atomic E-state index is 13.6. The number of carbonyl (C=O) groups excluding carboxylic acids is 2. The Balaban J connectivity index is 1.37. The average Bonchev–Trinajstić information content (AvgIpc) is 3.16. The highest BCUT2D eigenvalue weighted by molar-refractivity contribution is 6.21. The van der Waals surface area contributed by atoms with Gasteiger partial charge in [0, 0.05) is 31.0 Å². The first-order chi connectivity index (χ1) is 19.0. The van der Waals surface area contributed by atoms with Crippen molar-refractivity contribution in [1.82, 2.24) is 4.90 Å². The summed E-state index contributed by atoms with van der Waals surface area (Å²) in [4.78, 5) is 28.0. The lowest BCUT2D eigenvalue weighted by molar-refractivity contribution is -0.368. The van der Waals surface area contributed by atoms with E-state index in [1.165, 1.54) is 0 Å². The molecule has 0 aromatic heterocycles. The Bertz CT molecular complexity index is 1200. The minimum absolute atomic E-state index is 0.0890. The summed E-state index contributed by atoms with van der Waals surface area (Å²) in [6, 6.07) is 15.5. The van der Waals surface area contributed by atoms with E-state index in [4.69, 9.17) is 9.47 Å². The first kappa shape index (κ1) is 28.4. The molecule has 1 aliphatic heterocycles. The number of ether oxygens (including phenoxy) is 2. The smallest absolute Gasteiger partial charge is 0.410 e. The van der Waals surface area contributed by atoms with Gasteiger partial charge in [-0.3, -0.25) is 4.79 Å². The average molecular weight is 529 g/mol. The van der Waals surface area contributed by atoms with Crippen molar-refractivity contribution in [2.75, 3.05) is 26.8 Å². The molecule has 0 saturated carbocycles. The van der Waals surface area contributed by atoms with Gasteiger partial charge in [-0.1, -0.05) is 67.1 Å². The first-order valence-corrected chi connectivity index (χ1v) is 13.8. The minimum atomic E-state index is -0.312. The van der Waals surface area contributed by atoms with Crippen LogP contribution in [0.4, 0.5) is 4.79 Å². The van der Waals surface area contributed by atoms with Crippen LogP contribution in [0, 0.1) is 11.8 Å². The van der Waals surface area contributed by atoms with Crippen LogP contribution in [0.1, 0.15) is 54.7 Å². The summed E-state index contributed by atoms with van der Waals surface area (Å²) in [6.45, 7) is 5.30. The summed E-state index contributed by atoms with van der Waals surface area (Å²) in [5, 5.41) is 11.1. The summed E-state index contributed by atoms with van der Waals surface area (Å²) >= 11 is 0. The number of ketones is 1. The lowest BCUT2D eigenvalue weighted by Crippen LogP contribution is -2.43. The number of benzene rings is 2. The number of methoxy groups -OCH3 is 1. The fourth-order valence-corrected chi connectivity index (χ4v) is 5.58. The number of likely N-dealkylation sites (tertiary alicyclic amines) is 1. The molecule has 3 atom stereocenters. The van der Waals surface area contributed by atoms with E-state index in [1.54, 1.807) is 12.0 Å². The Morgan fingerprint density at radius 2 is 1.97 bits per heavy atom. The van der Waals surface area contributed by atoms with Gasteiger partial charge in [-0.2, -0.15) is 0 Å². The van der Waals surface area contributed by atoms with Crippen molar-refractivity contribution in [3.63, 3.8) is 0 Å². The van der Waals surface area contributed by atoms with Crippen molar-refractivity contribution in [3.8, 4) is 5.75 Å². The Kier molecular flexibility index (Phi) is 10.1. The molecule has 1 aliphatic carbocycles. The zero-order valence-electron chi connectivity index (χ0n) is 22.7. The molecule has 0 spiro atoms. The molecule has 206 valence electrons. The number of carbonyl (C=O) groups is 2. The van der Waals surface area contributed by atoms with E-state index in [-0.39, 0.29) is 42.8 Å². The minimum Gasteiger partial charge on any atom is -0.854 e. The lowest BCUT2D eigenvalue weighted by atomic mass is 9.81. The molecule has 0 bridgehead atoms. The van der Waals surface area contributed by atoms with Gasteiger partial charge in [0.2, 0.25) is 0 Å². The van der Waals surface area contributed by atoms with E-state index in [1.807, 2.05) is 66.8 Å². The van der Waals surface area contributed by atoms with Crippen LogP contribution < -0.4 is 9.84 Å². The van der Waals surface area contributed by atoms with Crippen molar-refractivity contribution in [3.05, 3.63) is 96.1 Å². The van der Waals surface area contributed by atoms with E-state index in [9.17, 15) is 14.7 Å². The van der Waals surface area contributed by atoms with Gasteiger partial charge in [0.15, 0.2) is 5.78 Å².